The molecule has 2 aliphatic rings. The Morgan fingerprint density at radius 2 is 1.88 bits per heavy atom. The molecule has 0 saturated carbocycles. The van der Waals surface area contributed by atoms with Crippen LogP contribution >= 0.6 is 0 Å². The number of ether oxygens (including phenoxy) is 1. The molecule has 2 heterocycles. The Morgan fingerprint density at radius 1 is 1.24 bits per heavy atom. The van der Waals surface area contributed by atoms with E-state index >= 15 is 0 Å². The maximum Gasteiger partial charge on any atom is 0.288 e. The van der Waals surface area contributed by atoms with Crippen LogP contribution in [0, 0.1) is 5.92 Å². The Morgan fingerprint density at radius 3 is 2.44 bits per heavy atom. The van der Waals surface area contributed by atoms with Gasteiger partial charge in [0.15, 0.2) is 6.04 Å². The fraction of sp³-hybridized carbons (Fsp3) is 0.500. The summed E-state index contributed by atoms with van der Waals surface area (Å²) in [6.07, 6.45) is 1.60. The molecule has 2 aliphatic heterocycles. The van der Waals surface area contributed by atoms with Crippen LogP contribution in [0.1, 0.15) is 24.8 Å². The van der Waals surface area contributed by atoms with E-state index in [0.717, 1.165) is 16.2 Å². The number of hydrogen-bond acceptors (Lipinski definition) is 4. The van der Waals surface area contributed by atoms with Gasteiger partial charge in [0.25, 0.3) is 5.91 Å². The maximum atomic E-state index is 12.7. The Labute approximate surface area is 146 Å². The standard InChI is InChI=1S/C18H23N3O4/c1-25-14-4-2-12(3-5-14)11-21-16(22)10-15(18(21)24)20-8-6-13(7-9-20)17(19)23/h2-5,13,15H,6-11H2,1H3,(H2,19,23)/p+1/t15-/m0/s1. The van der Waals surface area contributed by atoms with Crippen LogP contribution in [0.5, 0.6) is 5.75 Å². The minimum Gasteiger partial charge on any atom is -0.497 e. The highest BCUT2D eigenvalue weighted by molar-refractivity contribution is 6.04. The van der Waals surface area contributed by atoms with Crippen molar-refractivity contribution >= 4 is 17.7 Å². The van der Waals surface area contributed by atoms with Crippen LogP contribution in [0.25, 0.3) is 0 Å². The third kappa shape index (κ3) is 3.66. The van der Waals surface area contributed by atoms with Crippen molar-refractivity contribution in [1.82, 2.24) is 4.90 Å². The molecule has 0 aliphatic carbocycles. The van der Waals surface area contributed by atoms with E-state index in [0.29, 0.717) is 25.9 Å². The number of likely N-dealkylation sites (tertiary alicyclic amines) is 2. The summed E-state index contributed by atoms with van der Waals surface area (Å²) >= 11 is 0. The quantitative estimate of drug-likeness (QED) is 0.676. The molecule has 1 aromatic rings. The molecule has 3 N–H and O–H groups in total. The lowest BCUT2D eigenvalue weighted by molar-refractivity contribution is -0.920. The van der Waals surface area contributed by atoms with Crippen LogP contribution in [0.4, 0.5) is 0 Å². The molecular weight excluding hydrogens is 322 g/mol. The number of quaternary nitrogens is 1. The number of rotatable bonds is 5. The molecule has 7 nitrogen and oxygen atoms in total. The predicted octanol–water partition coefficient (Wildman–Crippen LogP) is -0.897. The van der Waals surface area contributed by atoms with Crippen molar-refractivity contribution in [3.8, 4) is 5.75 Å². The fourth-order valence-corrected chi connectivity index (χ4v) is 3.70. The van der Waals surface area contributed by atoms with Gasteiger partial charge in [-0.25, -0.2) is 0 Å². The molecule has 3 amide bonds. The third-order valence-corrected chi connectivity index (χ3v) is 5.27. The number of methoxy groups -OCH3 is 1. The number of nitrogens with zero attached hydrogens (tertiary/aromatic N) is 1. The number of nitrogens with one attached hydrogen (secondary N) is 1. The number of carbonyl (C=O) groups excluding carboxylic acids is 3. The highest BCUT2D eigenvalue weighted by Gasteiger charge is 2.46. The van der Waals surface area contributed by atoms with Crippen molar-refractivity contribution in [1.29, 1.82) is 0 Å². The first-order valence-corrected chi connectivity index (χ1v) is 8.60. The van der Waals surface area contributed by atoms with Crippen LogP contribution in [0.3, 0.4) is 0 Å². The van der Waals surface area contributed by atoms with Gasteiger partial charge in [-0.15, -0.1) is 0 Å². The Balaban J connectivity index is 1.63. The summed E-state index contributed by atoms with van der Waals surface area (Å²) in [4.78, 5) is 38.8. The lowest BCUT2D eigenvalue weighted by Gasteiger charge is -2.30. The zero-order valence-corrected chi connectivity index (χ0v) is 14.4. The zero-order chi connectivity index (χ0) is 18.0. The molecule has 2 fully saturated rings. The first kappa shape index (κ1) is 17.4. The first-order chi connectivity index (χ1) is 12.0. The monoisotopic (exact) mass is 346 g/mol. The number of carbonyl (C=O) groups is 3. The largest absolute Gasteiger partial charge is 0.497 e. The van der Waals surface area contributed by atoms with E-state index in [-0.39, 0.29) is 42.6 Å². The second-order valence-electron chi connectivity index (χ2n) is 6.76. The van der Waals surface area contributed by atoms with E-state index in [1.54, 1.807) is 7.11 Å². The zero-order valence-electron chi connectivity index (χ0n) is 14.4. The average Bonchev–Trinajstić information content (AvgIpc) is 2.90. The molecule has 134 valence electrons. The molecule has 3 rings (SSSR count). The molecule has 0 unspecified atom stereocenters. The molecule has 0 radical (unpaired) electrons. The van der Waals surface area contributed by atoms with E-state index in [2.05, 4.69) is 0 Å². The van der Waals surface area contributed by atoms with E-state index < -0.39 is 0 Å². The molecule has 2 saturated heterocycles. The van der Waals surface area contributed by atoms with Crippen molar-refractivity contribution < 1.29 is 24.0 Å². The molecule has 1 aromatic carbocycles. The predicted molar refractivity (Wildman–Crippen MR) is 89.6 cm³/mol. The van der Waals surface area contributed by atoms with Crippen LogP contribution in [-0.4, -0.2) is 48.9 Å². The Bertz CT molecular complexity index is 665. The van der Waals surface area contributed by atoms with E-state index in [9.17, 15) is 14.4 Å². The van der Waals surface area contributed by atoms with Gasteiger partial charge in [0.05, 0.1) is 33.2 Å². The van der Waals surface area contributed by atoms with Crippen LogP contribution in [0.2, 0.25) is 0 Å². The van der Waals surface area contributed by atoms with Gasteiger partial charge < -0.3 is 15.4 Å². The molecule has 7 heteroatoms. The molecule has 0 bridgehead atoms. The van der Waals surface area contributed by atoms with Crippen molar-refractivity contribution in [2.24, 2.45) is 11.7 Å². The van der Waals surface area contributed by atoms with Gasteiger partial charge >= 0.3 is 0 Å². The van der Waals surface area contributed by atoms with Crippen LogP contribution in [0.15, 0.2) is 24.3 Å². The minimum absolute atomic E-state index is 0.105. The number of amides is 3. The van der Waals surface area contributed by atoms with Gasteiger partial charge in [-0.1, -0.05) is 12.1 Å². The summed E-state index contributed by atoms with van der Waals surface area (Å²) in [6.45, 7) is 1.69. The molecular formula is C18H24N3O4+. The van der Waals surface area contributed by atoms with Crippen molar-refractivity contribution in [2.45, 2.75) is 31.8 Å². The van der Waals surface area contributed by atoms with Gasteiger partial charge in [-0.05, 0) is 17.7 Å². The Kier molecular flexibility index (Phi) is 5.03. The topological polar surface area (TPSA) is 94.1 Å². The van der Waals surface area contributed by atoms with Gasteiger partial charge in [0.2, 0.25) is 11.8 Å². The van der Waals surface area contributed by atoms with Crippen molar-refractivity contribution in [2.75, 3.05) is 20.2 Å². The maximum absolute atomic E-state index is 12.7. The van der Waals surface area contributed by atoms with Crippen molar-refractivity contribution in [3.05, 3.63) is 29.8 Å². The van der Waals surface area contributed by atoms with Crippen molar-refractivity contribution in [3.63, 3.8) is 0 Å². The van der Waals surface area contributed by atoms with Crippen LogP contribution in [-0.2, 0) is 20.9 Å². The second kappa shape index (κ2) is 7.23. The molecule has 0 aromatic heterocycles. The smallest absolute Gasteiger partial charge is 0.288 e. The normalized spacial score (nSPS) is 26.8. The molecule has 25 heavy (non-hydrogen) atoms. The summed E-state index contributed by atoms with van der Waals surface area (Å²) in [5.41, 5.74) is 6.25. The Hall–Kier alpha value is -2.41. The summed E-state index contributed by atoms with van der Waals surface area (Å²) < 4.78 is 5.12. The number of primary amides is 1. The number of benzene rings is 1. The second-order valence-corrected chi connectivity index (χ2v) is 6.76. The van der Waals surface area contributed by atoms with Gasteiger partial charge in [0.1, 0.15) is 5.75 Å². The van der Waals surface area contributed by atoms with E-state index in [1.165, 1.54) is 4.90 Å². The summed E-state index contributed by atoms with van der Waals surface area (Å²) in [5, 5.41) is 0. The minimum atomic E-state index is -0.334. The third-order valence-electron chi connectivity index (χ3n) is 5.27. The number of imide groups is 1. The van der Waals surface area contributed by atoms with Crippen LogP contribution < -0.4 is 15.4 Å². The van der Waals surface area contributed by atoms with E-state index in [4.69, 9.17) is 10.5 Å². The first-order valence-electron chi connectivity index (χ1n) is 8.60. The number of hydrogen-bond donors (Lipinski definition) is 2. The summed E-state index contributed by atoms with van der Waals surface area (Å²) in [6, 6.07) is 7.02. The number of piperidine rings is 1. The van der Waals surface area contributed by atoms with E-state index in [1.807, 2.05) is 24.3 Å². The fourth-order valence-electron chi connectivity index (χ4n) is 3.70. The average molecular weight is 346 g/mol. The summed E-state index contributed by atoms with van der Waals surface area (Å²) in [5.74, 6) is 0.117. The molecule has 0 spiro atoms. The highest BCUT2D eigenvalue weighted by Crippen LogP contribution is 2.19. The summed E-state index contributed by atoms with van der Waals surface area (Å²) in [7, 11) is 1.59. The van der Waals surface area contributed by atoms with Gasteiger partial charge in [-0.2, -0.15) is 0 Å². The lowest BCUT2D eigenvalue weighted by Crippen LogP contribution is -3.17. The lowest BCUT2D eigenvalue weighted by atomic mass is 9.95. The SMILES string of the molecule is COc1ccc(CN2C(=O)C[C@H]([NH+]3CCC(C(N)=O)CC3)C2=O)cc1. The van der Waals surface area contributed by atoms with Gasteiger partial charge in [-0.3, -0.25) is 19.3 Å². The number of nitrogens with two attached hydrogens (primary N) is 1. The molecule has 1 atom stereocenters. The highest BCUT2D eigenvalue weighted by atomic mass is 16.5. The van der Waals surface area contributed by atoms with Gasteiger partial charge in [0, 0.05) is 18.8 Å².